The first-order valence-corrected chi connectivity index (χ1v) is 8.46. The maximum absolute atomic E-state index is 9.30. The van der Waals surface area contributed by atoms with Gasteiger partial charge in [-0.25, -0.2) is 4.98 Å². The van der Waals surface area contributed by atoms with Crippen LogP contribution in [0.2, 0.25) is 0 Å². The molecule has 0 unspecified atom stereocenters. The summed E-state index contributed by atoms with van der Waals surface area (Å²) in [6.07, 6.45) is 0. The van der Waals surface area contributed by atoms with E-state index in [9.17, 15) is 5.11 Å². The summed E-state index contributed by atoms with van der Waals surface area (Å²) < 4.78 is 0. The van der Waals surface area contributed by atoms with E-state index in [4.69, 9.17) is 0 Å². The lowest BCUT2D eigenvalue weighted by Gasteiger charge is -2.00. The molecule has 0 atom stereocenters. The molecular formula is C17H15NOS2. The highest BCUT2D eigenvalue weighted by Gasteiger charge is 2.09. The number of thioether (sulfide) groups is 1. The van der Waals surface area contributed by atoms with E-state index in [0.717, 1.165) is 21.3 Å². The second-order valence-corrected chi connectivity index (χ2v) is 6.81. The highest BCUT2D eigenvalue weighted by molar-refractivity contribution is 7.98. The molecule has 0 fully saturated rings. The molecule has 0 aliphatic rings. The van der Waals surface area contributed by atoms with Crippen LogP contribution in [0.1, 0.15) is 10.6 Å². The first-order chi connectivity index (χ1) is 10.2. The fraction of sp³-hybridized carbons (Fsp3) is 0.118. The normalized spacial score (nSPS) is 10.7. The predicted molar refractivity (Wildman–Crippen MR) is 90.0 cm³/mol. The molecule has 0 aliphatic heterocycles. The zero-order chi connectivity index (χ0) is 14.7. The van der Waals surface area contributed by atoms with Gasteiger partial charge in [0.2, 0.25) is 0 Å². The zero-order valence-corrected chi connectivity index (χ0v) is 13.2. The second-order valence-electron chi connectivity index (χ2n) is 4.68. The highest BCUT2D eigenvalue weighted by Crippen LogP contribution is 2.32. The van der Waals surface area contributed by atoms with Gasteiger partial charge in [0.15, 0.2) is 0 Å². The molecule has 2 nitrogen and oxygen atoms in total. The van der Waals surface area contributed by atoms with Gasteiger partial charge in [0, 0.05) is 21.1 Å². The van der Waals surface area contributed by atoms with Crippen molar-refractivity contribution in [2.24, 2.45) is 0 Å². The molecule has 1 N–H and O–H groups in total. The van der Waals surface area contributed by atoms with Crippen molar-refractivity contribution in [3.05, 3.63) is 65.2 Å². The Hall–Kier alpha value is -1.78. The molecule has 3 aromatic rings. The van der Waals surface area contributed by atoms with Crippen molar-refractivity contribution in [3.63, 3.8) is 0 Å². The minimum Gasteiger partial charge on any atom is -0.508 e. The average molecular weight is 313 g/mol. The van der Waals surface area contributed by atoms with Crippen molar-refractivity contribution >= 4 is 23.1 Å². The van der Waals surface area contributed by atoms with Crippen molar-refractivity contribution in [3.8, 4) is 16.3 Å². The molecule has 21 heavy (non-hydrogen) atoms. The number of benzene rings is 2. The van der Waals surface area contributed by atoms with Gasteiger partial charge in [-0.15, -0.1) is 23.1 Å². The molecule has 0 aliphatic carbocycles. The molecule has 2 aromatic carbocycles. The number of nitrogens with zero attached hydrogens (tertiary/aromatic N) is 1. The Labute approximate surface area is 132 Å². The fourth-order valence-corrected chi connectivity index (χ4v) is 4.07. The Bertz CT molecular complexity index is 720. The largest absolute Gasteiger partial charge is 0.508 e. The Morgan fingerprint density at radius 1 is 1.05 bits per heavy atom. The topological polar surface area (TPSA) is 33.1 Å². The van der Waals surface area contributed by atoms with Gasteiger partial charge in [0.25, 0.3) is 0 Å². The van der Waals surface area contributed by atoms with Gasteiger partial charge in [-0.1, -0.05) is 30.3 Å². The molecule has 4 heteroatoms. The van der Waals surface area contributed by atoms with Crippen LogP contribution in [0.25, 0.3) is 10.6 Å². The van der Waals surface area contributed by atoms with Crippen LogP contribution in [0, 0.1) is 6.92 Å². The number of hydrogen-bond donors (Lipinski definition) is 1. The number of phenols is 1. The van der Waals surface area contributed by atoms with Gasteiger partial charge in [-0.2, -0.15) is 0 Å². The summed E-state index contributed by atoms with van der Waals surface area (Å²) in [6.45, 7) is 2.07. The van der Waals surface area contributed by atoms with Crippen molar-refractivity contribution in [2.75, 3.05) is 0 Å². The smallest absolute Gasteiger partial charge is 0.123 e. The molecule has 0 saturated carbocycles. The SMILES string of the molecule is Cc1nc(-c2ccccc2)sc1CSc1ccc(O)cc1. The molecular weight excluding hydrogens is 298 g/mol. The predicted octanol–water partition coefficient (Wildman–Crippen LogP) is 5.12. The quantitative estimate of drug-likeness (QED) is 0.679. The lowest BCUT2D eigenvalue weighted by molar-refractivity contribution is 0.475. The lowest BCUT2D eigenvalue weighted by Crippen LogP contribution is -1.80. The maximum atomic E-state index is 9.30. The number of aromatic hydroxyl groups is 1. The Morgan fingerprint density at radius 2 is 1.76 bits per heavy atom. The van der Waals surface area contributed by atoms with Crippen LogP contribution in [-0.4, -0.2) is 10.1 Å². The Morgan fingerprint density at radius 3 is 2.48 bits per heavy atom. The standard InChI is InChI=1S/C17H15NOS2/c1-12-16(11-20-15-9-7-14(19)8-10-15)21-17(18-12)13-5-3-2-4-6-13/h2-10,19H,11H2,1H3. The van der Waals surface area contributed by atoms with Gasteiger partial charge >= 0.3 is 0 Å². The van der Waals surface area contributed by atoms with Crippen LogP contribution in [0.5, 0.6) is 5.75 Å². The zero-order valence-electron chi connectivity index (χ0n) is 11.6. The number of aryl methyl sites for hydroxylation is 1. The maximum Gasteiger partial charge on any atom is 0.123 e. The third-order valence-corrected chi connectivity index (χ3v) is 5.55. The van der Waals surface area contributed by atoms with E-state index in [1.54, 1.807) is 35.2 Å². The van der Waals surface area contributed by atoms with Crippen molar-refractivity contribution < 1.29 is 5.11 Å². The monoisotopic (exact) mass is 313 g/mol. The molecule has 1 heterocycles. The molecule has 0 spiro atoms. The van der Waals surface area contributed by atoms with E-state index in [-0.39, 0.29) is 0 Å². The van der Waals surface area contributed by atoms with Crippen LogP contribution in [0.15, 0.2) is 59.5 Å². The van der Waals surface area contributed by atoms with E-state index in [0.29, 0.717) is 5.75 Å². The number of phenolic OH excluding ortho intramolecular Hbond substituents is 1. The summed E-state index contributed by atoms with van der Waals surface area (Å²) in [5.41, 5.74) is 2.27. The molecule has 106 valence electrons. The Balaban J connectivity index is 1.74. The number of aromatic nitrogens is 1. The molecule has 3 rings (SSSR count). The van der Waals surface area contributed by atoms with E-state index < -0.39 is 0 Å². The van der Waals surface area contributed by atoms with Crippen LogP contribution in [0.4, 0.5) is 0 Å². The molecule has 0 saturated heterocycles. The summed E-state index contributed by atoms with van der Waals surface area (Å²) >= 11 is 3.52. The number of thiazole rings is 1. The van der Waals surface area contributed by atoms with E-state index in [1.165, 1.54) is 10.4 Å². The van der Waals surface area contributed by atoms with Crippen LogP contribution in [0.3, 0.4) is 0 Å². The van der Waals surface area contributed by atoms with Gasteiger partial charge in [0.1, 0.15) is 10.8 Å². The van der Waals surface area contributed by atoms with E-state index >= 15 is 0 Å². The lowest BCUT2D eigenvalue weighted by atomic mass is 10.2. The summed E-state index contributed by atoms with van der Waals surface area (Å²) in [7, 11) is 0. The molecule has 0 amide bonds. The van der Waals surface area contributed by atoms with Crippen molar-refractivity contribution in [1.82, 2.24) is 4.98 Å². The summed E-state index contributed by atoms with van der Waals surface area (Å²) in [5, 5.41) is 10.4. The molecule has 0 bridgehead atoms. The van der Waals surface area contributed by atoms with Gasteiger partial charge in [-0.05, 0) is 31.2 Å². The third kappa shape index (κ3) is 3.46. The van der Waals surface area contributed by atoms with Gasteiger partial charge in [0.05, 0.1) is 5.69 Å². The highest BCUT2D eigenvalue weighted by atomic mass is 32.2. The van der Waals surface area contributed by atoms with Crippen LogP contribution >= 0.6 is 23.1 Å². The van der Waals surface area contributed by atoms with E-state index in [2.05, 4.69) is 24.0 Å². The summed E-state index contributed by atoms with van der Waals surface area (Å²) in [5.74, 6) is 1.21. The summed E-state index contributed by atoms with van der Waals surface area (Å²) in [6, 6.07) is 17.6. The van der Waals surface area contributed by atoms with Gasteiger partial charge in [-0.3, -0.25) is 0 Å². The van der Waals surface area contributed by atoms with Crippen molar-refractivity contribution in [1.29, 1.82) is 0 Å². The number of rotatable bonds is 4. The Kier molecular flexibility index (Phi) is 4.27. The van der Waals surface area contributed by atoms with E-state index in [1.807, 2.05) is 30.3 Å². The van der Waals surface area contributed by atoms with Crippen LogP contribution < -0.4 is 0 Å². The van der Waals surface area contributed by atoms with Crippen molar-refractivity contribution in [2.45, 2.75) is 17.6 Å². The minimum atomic E-state index is 0.305. The number of hydrogen-bond acceptors (Lipinski definition) is 4. The van der Waals surface area contributed by atoms with Gasteiger partial charge < -0.3 is 5.11 Å². The molecule has 0 radical (unpaired) electrons. The third-order valence-electron chi connectivity index (χ3n) is 3.12. The molecule has 1 aromatic heterocycles. The average Bonchev–Trinajstić information content (AvgIpc) is 2.89. The van der Waals surface area contributed by atoms with Crippen LogP contribution in [-0.2, 0) is 5.75 Å². The fourth-order valence-electron chi connectivity index (χ4n) is 1.96. The summed E-state index contributed by atoms with van der Waals surface area (Å²) in [4.78, 5) is 7.13. The second kappa shape index (κ2) is 6.33. The first kappa shape index (κ1) is 14.2. The first-order valence-electron chi connectivity index (χ1n) is 6.66. The minimum absolute atomic E-state index is 0.305.